The molecule has 21 heavy (non-hydrogen) atoms. The molecule has 0 saturated heterocycles. The Balaban J connectivity index is 1.87. The van der Waals surface area contributed by atoms with E-state index in [1.54, 1.807) is 6.07 Å². The topological polar surface area (TPSA) is 133 Å². The Morgan fingerprint density at radius 2 is 1.67 bits per heavy atom. The van der Waals surface area contributed by atoms with Gasteiger partial charge in [-0.25, -0.2) is 0 Å². The number of fused-ring (bicyclic) bond motifs is 1. The fraction of sp³-hybridized carbons (Fsp3) is 0.133. The lowest BCUT2D eigenvalue weighted by Gasteiger charge is -2.05. The Bertz CT molecular complexity index is 805. The molecule has 0 aliphatic heterocycles. The zero-order valence-electron chi connectivity index (χ0n) is 11.6. The molecule has 2 aromatic carbocycles. The maximum Gasteiger partial charge on any atom is 0.0964 e. The van der Waals surface area contributed by atoms with Gasteiger partial charge in [0.1, 0.15) is 0 Å². The molecule has 0 atom stereocenters. The van der Waals surface area contributed by atoms with Gasteiger partial charge in [-0.2, -0.15) is 5.10 Å². The van der Waals surface area contributed by atoms with Crippen LogP contribution in [-0.2, 0) is 12.8 Å². The van der Waals surface area contributed by atoms with Crippen molar-refractivity contribution in [2.75, 3.05) is 22.9 Å². The zero-order valence-corrected chi connectivity index (χ0v) is 11.6. The predicted molar refractivity (Wildman–Crippen MR) is 87.6 cm³/mol. The van der Waals surface area contributed by atoms with Gasteiger partial charge in [0, 0.05) is 22.5 Å². The largest absolute Gasteiger partial charge is 0.399 e. The second-order valence-electron chi connectivity index (χ2n) is 5.17. The number of aromatic nitrogens is 2. The molecule has 108 valence electrons. The highest BCUT2D eigenvalue weighted by molar-refractivity contribution is 5.95. The number of aromatic amines is 1. The van der Waals surface area contributed by atoms with Gasteiger partial charge in [-0.1, -0.05) is 6.07 Å². The molecule has 0 bridgehead atoms. The van der Waals surface area contributed by atoms with Crippen LogP contribution in [0.4, 0.5) is 22.7 Å². The van der Waals surface area contributed by atoms with E-state index in [4.69, 9.17) is 22.9 Å². The van der Waals surface area contributed by atoms with E-state index in [9.17, 15) is 0 Å². The van der Waals surface area contributed by atoms with Crippen molar-refractivity contribution in [3.63, 3.8) is 0 Å². The Hall–Kier alpha value is -2.89. The van der Waals surface area contributed by atoms with E-state index in [1.807, 2.05) is 24.3 Å². The lowest BCUT2D eigenvalue weighted by molar-refractivity contribution is 0.901. The number of hydrogen-bond acceptors (Lipinski definition) is 5. The molecule has 1 heterocycles. The van der Waals surface area contributed by atoms with Gasteiger partial charge in [-0.3, -0.25) is 5.10 Å². The highest BCUT2D eigenvalue weighted by Crippen LogP contribution is 2.27. The van der Waals surface area contributed by atoms with Gasteiger partial charge in [0.15, 0.2) is 0 Å². The Morgan fingerprint density at radius 3 is 2.43 bits per heavy atom. The van der Waals surface area contributed by atoms with Gasteiger partial charge in [0.2, 0.25) is 0 Å². The minimum absolute atomic E-state index is 0.602. The van der Waals surface area contributed by atoms with Gasteiger partial charge in [0.05, 0.1) is 16.9 Å². The van der Waals surface area contributed by atoms with Crippen molar-refractivity contribution < 1.29 is 0 Å². The lowest BCUT2D eigenvalue weighted by Crippen LogP contribution is -1.98. The van der Waals surface area contributed by atoms with Crippen molar-refractivity contribution in [1.29, 1.82) is 0 Å². The highest BCUT2D eigenvalue weighted by Gasteiger charge is 2.10. The highest BCUT2D eigenvalue weighted by atomic mass is 15.1. The van der Waals surface area contributed by atoms with Gasteiger partial charge < -0.3 is 22.9 Å². The first kappa shape index (κ1) is 13.1. The van der Waals surface area contributed by atoms with Crippen LogP contribution in [0.5, 0.6) is 0 Å². The molecule has 3 aromatic rings. The maximum atomic E-state index is 6.04. The smallest absolute Gasteiger partial charge is 0.0964 e. The van der Waals surface area contributed by atoms with Gasteiger partial charge in [-0.15, -0.1) is 0 Å². The molecule has 0 radical (unpaired) electrons. The van der Waals surface area contributed by atoms with Crippen LogP contribution in [0.15, 0.2) is 30.3 Å². The van der Waals surface area contributed by atoms with E-state index in [0.717, 1.165) is 35.0 Å². The summed E-state index contributed by atoms with van der Waals surface area (Å²) in [5.74, 6) is 0. The summed E-state index contributed by atoms with van der Waals surface area (Å²) in [5.41, 5.74) is 28.7. The van der Waals surface area contributed by atoms with E-state index in [-0.39, 0.29) is 0 Å². The molecule has 9 N–H and O–H groups in total. The molecule has 0 aliphatic rings. The summed E-state index contributed by atoms with van der Waals surface area (Å²) >= 11 is 0. The normalized spacial score (nSPS) is 11.0. The first-order chi connectivity index (χ1) is 10.0. The number of H-pyrrole nitrogens is 1. The van der Waals surface area contributed by atoms with Crippen molar-refractivity contribution in [3.8, 4) is 0 Å². The lowest BCUT2D eigenvalue weighted by atomic mass is 10.0. The van der Waals surface area contributed by atoms with Crippen LogP contribution in [0, 0.1) is 0 Å². The van der Waals surface area contributed by atoms with Crippen LogP contribution >= 0.6 is 0 Å². The molecule has 0 amide bonds. The summed E-state index contributed by atoms with van der Waals surface area (Å²) in [5, 5.41) is 8.23. The third-order valence-corrected chi connectivity index (χ3v) is 3.60. The number of nitrogens with zero attached hydrogens (tertiary/aromatic N) is 1. The fourth-order valence-electron chi connectivity index (χ4n) is 2.50. The number of aryl methyl sites for hydroxylation is 2. The van der Waals surface area contributed by atoms with Crippen LogP contribution in [0.25, 0.3) is 10.9 Å². The Labute approximate surface area is 122 Å². The first-order valence-corrected chi connectivity index (χ1v) is 6.70. The van der Waals surface area contributed by atoms with Crippen LogP contribution in [0.1, 0.15) is 11.3 Å². The predicted octanol–water partition coefficient (Wildman–Crippen LogP) is 1.68. The maximum absolute atomic E-state index is 6.04. The van der Waals surface area contributed by atoms with E-state index in [0.29, 0.717) is 22.7 Å². The average Bonchev–Trinajstić information content (AvgIpc) is 2.83. The third-order valence-electron chi connectivity index (χ3n) is 3.60. The molecule has 0 spiro atoms. The van der Waals surface area contributed by atoms with Crippen LogP contribution in [0.3, 0.4) is 0 Å². The van der Waals surface area contributed by atoms with Crippen molar-refractivity contribution in [1.82, 2.24) is 10.2 Å². The summed E-state index contributed by atoms with van der Waals surface area (Å²) < 4.78 is 0. The molecular formula is C15H18N6. The molecule has 0 unspecified atom stereocenters. The standard InChI is InChI=1S/C15H18N6/c16-9-6-12(19)15-13(20-21-14(15)7-9)4-2-8-1-3-10(17)11(18)5-8/h1,3,5-7H,2,4,16-19H2,(H,20,21). The molecule has 0 fully saturated rings. The van der Waals surface area contributed by atoms with Crippen molar-refractivity contribution in [2.45, 2.75) is 12.8 Å². The summed E-state index contributed by atoms with van der Waals surface area (Å²) in [6.45, 7) is 0. The number of nitrogens with two attached hydrogens (primary N) is 4. The number of nitrogens with one attached hydrogen (secondary N) is 1. The second kappa shape index (κ2) is 4.90. The summed E-state index contributed by atoms with van der Waals surface area (Å²) in [7, 11) is 0. The van der Waals surface area contributed by atoms with Crippen LogP contribution in [-0.4, -0.2) is 10.2 Å². The van der Waals surface area contributed by atoms with Crippen LogP contribution < -0.4 is 22.9 Å². The van der Waals surface area contributed by atoms with E-state index < -0.39 is 0 Å². The summed E-state index contributed by atoms with van der Waals surface area (Å²) in [6.07, 6.45) is 1.61. The van der Waals surface area contributed by atoms with Crippen molar-refractivity contribution in [2.24, 2.45) is 0 Å². The SMILES string of the molecule is Nc1cc(N)c2c(CCc3ccc(N)c(N)c3)[nH]nc2c1. The van der Waals surface area contributed by atoms with Gasteiger partial charge in [-0.05, 0) is 42.7 Å². The van der Waals surface area contributed by atoms with Crippen molar-refractivity contribution >= 4 is 33.7 Å². The fourth-order valence-corrected chi connectivity index (χ4v) is 2.50. The number of benzene rings is 2. The summed E-state index contributed by atoms with van der Waals surface area (Å²) in [4.78, 5) is 0. The minimum Gasteiger partial charge on any atom is -0.399 e. The molecule has 3 rings (SSSR count). The molecule has 1 aromatic heterocycles. The minimum atomic E-state index is 0.602. The van der Waals surface area contributed by atoms with E-state index >= 15 is 0 Å². The van der Waals surface area contributed by atoms with Gasteiger partial charge >= 0.3 is 0 Å². The average molecular weight is 282 g/mol. The number of nitrogen functional groups attached to an aromatic ring is 4. The Morgan fingerprint density at radius 1 is 0.857 bits per heavy atom. The van der Waals surface area contributed by atoms with E-state index in [1.165, 1.54) is 0 Å². The van der Waals surface area contributed by atoms with Gasteiger partial charge in [0.25, 0.3) is 0 Å². The Kier molecular flexibility index (Phi) is 3.06. The van der Waals surface area contributed by atoms with E-state index in [2.05, 4.69) is 10.2 Å². The summed E-state index contributed by atoms with van der Waals surface area (Å²) in [6, 6.07) is 9.26. The zero-order chi connectivity index (χ0) is 15.0. The van der Waals surface area contributed by atoms with Crippen molar-refractivity contribution in [3.05, 3.63) is 41.6 Å². The molecule has 6 heteroatoms. The molecule has 0 aliphatic carbocycles. The first-order valence-electron chi connectivity index (χ1n) is 6.70. The molecule has 6 nitrogen and oxygen atoms in total. The number of rotatable bonds is 3. The second-order valence-corrected chi connectivity index (χ2v) is 5.17. The third kappa shape index (κ3) is 2.43. The van der Waals surface area contributed by atoms with Crippen LogP contribution in [0.2, 0.25) is 0 Å². The molecule has 0 saturated carbocycles. The monoisotopic (exact) mass is 282 g/mol. The quantitative estimate of drug-likeness (QED) is 0.466. The molecular weight excluding hydrogens is 264 g/mol. The number of anilines is 4. The number of hydrogen-bond donors (Lipinski definition) is 5.